The van der Waals surface area contributed by atoms with E-state index in [1.165, 1.54) is 0 Å². The van der Waals surface area contributed by atoms with E-state index in [1.807, 2.05) is 6.92 Å². The molecule has 18 heavy (non-hydrogen) atoms. The predicted molar refractivity (Wildman–Crippen MR) is 65.0 cm³/mol. The zero-order valence-corrected chi connectivity index (χ0v) is 10.3. The minimum atomic E-state index is -0.827. The fourth-order valence-corrected chi connectivity index (χ4v) is 1.54. The highest BCUT2D eigenvalue weighted by molar-refractivity contribution is 5.91. The topological polar surface area (TPSA) is 106 Å². The lowest BCUT2D eigenvalue weighted by Gasteiger charge is -2.11. The smallest absolute Gasteiger partial charge is 0.303 e. The van der Waals surface area contributed by atoms with Gasteiger partial charge in [-0.3, -0.25) is 9.59 Å². The molecule has 6 heteroatoms. The van der Waals surface area contributed by atoms with Gasteiger partial charge in [-0.25, -0.2) is 0 Å². The van der Waals surface area contributed by atoms with E-state index in [0.29, 0.717) is 18.6 Å². The van der Waals surface area contributed by atoms with Gasteiger partial charge in [-0.15, -0.1) is 0 Å². The zero-order chi connectivity index (χ0) is 13.5. The number of carbonyl (C=O) groups excluding carboxylic acids is 1. The summed E-state index contributed by atoms with van der Waals surface area (Å²) in [5, 5.41) is 11.2. The summed E-state index contributed by atoms with van der Waals surface area (Å²) in [6.45, 7) is 2.08. The summed E-state index contributed by atoms with van der Waals surface area (Å²) in [7, 11) is 0. The summed E-state index contributed by atoms with van der Waals surface area (Å²) in [5.74, 6) is -0.358. The Kier molecular flexibility index (Phi) is 5.38. The molecule has 1 aromatic heterocycles. The number of nitrogens with two attached hydrogens (primary N) is 1. The van der Waals surface area contributed by atoms with E-state index < -0.39 is 5.97 Å². The third-order valence-corrected chi connectivity index (χ3v) is 2.49. The number of carboxylic acid groups (broad SMARTS) is 1. The first kappa shape index (κ1) is 14.2. The summed E-state index contributed by atoms with van der Waals surface area (Å²) < 4.78 is 5.21. The SMILES string of the molecule is CC(CCCC(=O)O)NC(=O)c1ccc(CN)o1. The summed E-state index contributed by atoms with van der Waals surface area (Å²) in [5.41, 5.74) is 5.38. The molecule has 4 N–H and O–H groups in total. The van der Waals surface area contributed by atoms with Crippen molar-refractivity contribution in [1.29, 1.82) is 0 Å². The van der Waals surface area contributed by atoms with Gasteiger partial charge < -0.3 is 20.6 Å². The van der Waals surface area contributed by atoms with Crippen LogP contribution in [-0.4, -0.2) is 23.0 Å². The Morgan fingerprint density at radius 3 is 2.78 bits per heavy atom. The van der Waals surface area contributed by atoms with Crippen LogP contribution in [-0.2, 0) is 11.3 Å². The van der Waals surface area contributed by atoms with Crippen LogP contribution in [0.5, 0.6) is 0 Å². The van der Waals surface area contributed by atoms with Crippen LogP contribution in [0.2, 0.25) is 0 Å². The van der Waals surface area contributed by atoms with Crippen molar-refractivity contribution in [3.8, 4) is 0 Å². The molecular formula is C12H18N2O4. The first-order valence-electron chi connectivity index (χ1n) is 5.84. The van der Waals surface area contributed by atoms with E-state index in [1.54, 1.807) is 12.1 Å². The molecule has 0 spiro atoms. The maximum Gasteiger partial charge on any atom is 0.303 e. The van der Waals surface area contributed by atoms with E-state index >= 15 is 0 Å². The fraction of sp³-hybridized carbons (Fsp3) is 0.500. The molecule has 0 aromatic carbocycles. The van der Waals surface area contributed by atoms with Crippen LogP contribution in [0.1, 0.15) is 42.5 Å². The maximum atomic E-state index is 11.7. The Morgan fingerprint density at radius 1 is 1.50 bits per heavy atom. The maximum absolute atomic E-state index is 11.7. The van der Waals surface area contributed by atoms with Gasteiger partial charge in [0.05, 0.1) is 6.54 Å². The minimum absolute atomic E-state index is 0.0942. The third-order valence-electron chi connectivity index (χ3n) is 2.49. The van der Waals surface area contributed by atoms with Gasteiger partial charge in [-0.1, -0.05) is 0 Å². The minimum Gasteiger partial charge on any atom is -0.481 e. The van der Waals surface area contributed by atoms with Gasteiger partial charge in [0.15, 0.2) is 5.76 Å². The number of carbonyl (C=O) groups is 2. The van der Waals surface area contributed by atoms with Gasteiger partial charge >= 0.3 is 5.97 Å². The summed E-state index contributed by atoms with van der Waals surface area (Å²) in [6.07, 6.45) is 1.25. The van der Waals surface area contributed by atoms with Crippen molar-refractivity contribution in [2.45, 2.75) is 38.8 Å². The lowest BCUT2D eigenvalue weighted by molar-refractivity contribution is -0.137. The van der Waals surface area contributed by atoms with Crippen molar-refractivity contribution >= 4 is 11.9 Å². The quantitative estimate of drug-likeness (QED) is 0.676. The van der Waals surface area contributed by atoms with Gasteiger partial charge in [0.1, 0.15) is 5.76 Å². The number of aliphatic carboxylic acids is 1. The van der Waals surface area contributed by atoms with Gasteiger partial charge in [0.2, 0.25) is 0 Å². The molecule has 0 aliphatic heterocycles. The zero-order valence-electron chi connectivity index (χ0n) is 10.3. The van der Waals surface area contributed by atoms with Crippen LogP contribution in [0.15, 0.2) is 16.5 Å². The van der Waals surface area contributed by atoms with Crippen molar-refractivity contribution in [3.05, 3.63) is 23.7 Å². The van der Waals surface area contributed by atoms with Crippen LogP contribution < -0.4 is 11.1 Å². The lowest BCUT2D eigenvalue weighted by atomic mass is 10.1. The monoisotopic (exact) mass is 254 g/mol. The number of amides is 1. The van der Waals surface area contributed by atoms with Gasteiger partial charge in [0.25, 0.3) is 5.91 Å². The summed E-state index contributed by atoms with van der Waals surface area (Å²) >= 11 is 0. The highest BCUT2D eigenvalue weighted by Gasteiger charge is 2.13. The van der Waals surface area contributed by atoms with E-state index in [0.717, 1.165) is 0 Å². The Balaban J connectivity index is 2.37. The van der Waals surface area contributed by atoms with Crippen LogP contribution in [0, 0.1) is 0 Å². The van der Waals surface area contributed by atoms with Crippen LogP contribution in [0.25, 0.3) is 0 Å². The molecular weight excluding hydrogens is 236 g/mol. The highest BCUT2D eigenvalue weighted by atomic mass is 16.4. The second-order valence-electron chi connectivity index (χ2n) is 4.13. The molecule has 1 atom stereocenters. The number of hydrogen-bond acceptors (Lipinski definition) is 4. The molecule has 1 aromatic rings. The molecule has 0 aliphatic rings. The second kappa shape index (κ2) is 6.80. The number of nitrogens with one attached hydrogen (secondary N) is 1. The average Bonchev–Trinajstić information content (AvgIpc) is 2.76. The van der Waals surface area contributed by atoms with E-state index in [4.69, 9.17) is 15.3 Å². The number of carboxylic acids is 1. The molecule has 100 valence electrons. The molecule has 1 unspecified atom stereocenters. The molecule has 0 aliphatic carbocycles. The molecule has 0 saturated heterocycles. The number of furan rings is 1. The van der Waals surface area contributed by atoms with Crippen molar-refractivity contribution in [3.63, 3.8) is 0 Å². The van der Waals surface area contributed by atoms with Crippen molar-refractivity contribution < 1.29 is 19.1 Å². The standard InChI is InChI=1S/C12H18N2O4/c1-8(3-2-4-11(15)16)14-12(17)10-6-5-9(7-13)18-10/h5-6,8H,2-4,7,13H2,1H3,(H,14,17)(H,15,16). The molecule has 1 heterocycles. The third kappa shape index (κ3) is 4.58. The summed E-state index contributed by atoms with van der Waals surface area (Å²) in [6, 6.07) is 3.13. The van der Waals surface area contributed by atoms with Crippen molar-refractivity contribution in [2.24, 2.45) is 5.73 Å². The Labute approximate surface area is 105 Å². The van der Waals surface area contributed by atoms with E-state index in [9.17, 15) is 9.59 Å². The van der Waals surface area contributed by atoms with Crippen molar-refractivity contribution in [2.75, 3.05) is 0 Å². The molecule has 1 amide bonds. The fourth-order valence-electron chi connectivity index (χ4n) is 1.54. The van der Waals surface area contributed by atoms with Gasteiger partial charge in [-0.2, -0.15) is 0 Å². The molecule has 0 saturated carbocycles. The molecule has 0 fully saturated rings. The van der Waals surface area contributed by atoms with E-state index in [-0.39, 0.29) is 30.7 Å². The Bertz CT molecular complexity index is 414. The largest absolute Gasteiger partial charge is 0.481 e. The van der Waals surface area contributed by atoms with Crippen molar-refractivity contribution in [1.82, 2.24) is 5.32 Å². The van der Waals surface area contributed by atoms with Crippen LogP contribution in [0.3, 0.4) is 0 Å². The predicted octanol–water partition coefficient (Wildman–Crippen LogP) is 1.11. The number of rotatable bonds is 7. The number of hydrogen-bond donors (Lipinski definition) is 3. The van der Waals surface area contributed by atoms with E-state index in [2.05, 4.69) is 5.32 Å². The Hall–Kier alpha value is -1.82. The first-order valence-corrected chi connectivity index (χ1v) is 5.84. The first-order chi connectivity index (χ1) is 8.52. The van der Waals surface area contributed by atoms with Crippen LogP contribution in [0.4, 0.5) is 0 Å². The second-order valence-corrected chi connectivity index (χ2v) is 4.13. The van der Waals surface area contributed by atoms with Gasteiger partial charge in [0, 0.05) is 12.5 Å². The average molecular weight is 254 g/mol. The van der Waals surface area contributed by atoms with Gasteiger partial charge in [-0.05, 0) is 31.9 Å². The lowest BCUT2D eigenvalue weighted by Crippen LogP contribution is -2.32. The normalized spacial score (nSPS) is 12.1. The highest BCUT2D eigenvalue weighted by Crippen LogP contribution is 2.08. The molecule has 0 bridgehead atoms. The molecule has 0 radical (unpaired) electrons. The Morgan fingerprint density at radius 2 is 2.22 bits per heavy atom. The molecule has 1 rings (SSSR count). The molecule has 6 nitrogen and oxygen atoms in total. The summed E-state index contributed by atoms with van der Waals surface area (Å²) in [4.78, 5) is 22.1. The van der Waals surface area contributed by atoms with Crippen LogP contribution >= 0.6 is 0 Å².